The molecule has 0 aliphatic rings. The Balaban J connectivity index is 1.43. The van der Waals surface area contributed by atoms with E-state index in [2.05, 4.69) is 30.9 Å². The van der Waals surface area contributed by atoms with Gasteiger partial charge in [-0.15, -0.1) is 0 Å². The number of thiocarbonyl (C=S) groups is 1. The smallest absolute Gasteiger partial charge is 0.229 e. The van der Waals surface area contributed by atoms with E-state index in [1.165, 1.54) is 12.1 Å². The second-order valence-corrected chi connectivity index (χ2v) is 8.32. The molecule has 36 heavy (non-hydrogen) atoms. The van der Waals surface area contributed by atoms with Crippen LogP contribution in [0.1, 0.15) is 17.0 Å². The standard InChI is InChI=1S/C27H25FN6OS/c1-18-16-19(2)31-26(30-18)33-25(29-17-20-8-10-21(28)11-9-20)34-27(36)32-22-12-14-24(15-13-22)35-23-6-4-3-5-7-23/h3-16H,17H2,1-2H3,(H3,29,30,31,32,33,34,36). The number of anilines is 2. The van der Waals surface area contributed by atoms with Gasteiger partial charge in [-0.2, -0.15) is 0 Å². The summed E-state index contributed by atoms with van der Waals surface area (Å²) >= 11 is 5.50. The van der Waals surface area contributed by atoms with Gasteiger partial charge in [0.1, 0.15) is 17.3 Å². The Morgan fingerprint density at radius 1 is 0.861 bits per heavy atom. The predicted molar refractivity (Wildman–Crippen MR) is 145 cm³/mol. The van der Waals surface area contributed by atoms with Gasteiger partial charge in [-0.3, -0.25) is 5.32 Å². The minimum absolute atomic E-state index is 0.298. The molecule has 4 rings (SSSR count). The molecule has 0 atom stereocenters. The zero-order valence-corrected chi connectivity index (χ0v) is 20.6. The highest BCUT2D eigenvalue weighted by Gasteiger charge is 2.08. The van der Waals surface area contributed by atoms with Crippen LogP contribution in [0, 0.1) is 19.7 Å². The van der Waals surface area contributed by atoms with Crippen molar-refractivity contribution < 1.29 is 9.13 Å². The Morgan fingerprint density at radius 2 is 1.50 bits per heavy atom. The summed E-state index contributed by atoms with van der Waals surface area (Å²) in [6.45, 7) is 4.08. The van der Waals surface area contributed by atoms with Crippen molar-refractivity contribution in [2.45, 2.75) is 20.4 Å². The molecule has 9 heteroatoms. The van der Waals surface area contributed by atoms with E-state index in [1.54, 1.807) is 12.1 Å². The number of rotatable bonds is 6. The minimum Gasteiger partial charge on any atom is -0.457 e. The van der Waals surface area contributed by atoms with E-state index in [-0.39, 0.29) is 5.82 Å². The molecule has 0 radical (unpaired) electrons. The maximum Gasteiger partial charge on any atom is 0.229 e. The second kappa shape index (κ2) is 11.9. The highest BCUT2D eigenvalue weighted by molar-refractivity contribution is 7.80. The number of ether oxygens (including phenoxy) is 1. The first-order valence-electron chi connectivity index (χ1n) is 11.2. The first-order chi connectivity index (χ1) is 17.4. The summed E-state index contributed by atoms with van der Waals surface area (Å²) in [5.74, 6) is 1.92. The highest BCUT2D eigenvalue weighted by atomic mass is 32.1. The van der Waals surface area contributed by atoms with Gasteiger partial charge in [0.2, 0.25) is 11.9 Å². The van der Waals surface area contributed by atoms with E-state index in [4.69, 9.17) is 17.0 Å². The van der Waals surface area contributed by atoms with Crippen LogP contribution in [-0.2, 0) is 6.54 Å². The number of hydrogen-bond donors (Lipinski definition) is 3. The van der Waals surface area contributed by atoms with Gasteiger partial charge < -0.3 is 15.4 Å². The van der Waals surface area contributed by atoms with Gasteiger partial charge in [0.25, 0.3) is 0 Å². The number of guanidine groups is 1. The fourth-order valence-corrected chi connectivity index (χ4v) is 3.47. The number of aryl methyl sites for hydroxylation is 2. The van der Waals surface area contributed by atoms with E-state index < -0.39 is 0 Å². The normalized spacial score (nSPS) is 11.0. The Bertz CT molecular complexity index is 1330. The summed E-state index contributed by atoms with van der Waals surface area (Å²) in [5.41, 5.74) is 3.25. The molecule has 0 aliphatic heterocycles. The summed E-state index contributed by atoms with van der Waals surface area (Å²) in [4.78, 5) is 13.4. The van der Waals surface area contributed by atoms with Gasteiger partial charge in [-0.1, -0.05) is 30.3 Å². The van der Waals surface area contributed by atoms with Crippen molar-refractivity contribution in [2.75, 3.05) is 10.6 Å². The molecule has 0 aliphatic carbocycles. The van der Waals surface area contributed by atoms with Gasteiger partial charge in [0.05, 0.1) is 6.54 Å². The van der Waals surface area contributed by atoms with E-state index in [1.807, 2.05) is 74.5 Å². The second-order valence-electron chi connectivity index (χ2n) is 7.91. The van der Waals surface area contributed by atoms with E-state index in [0.29, 0.717) is 29.3 Å². The van der Waals surface area contributed by atoms with Crippen LogP contribution in [0.15, 0.2) is 89.9 Å². The summed E-state index contributed by atoms with van der Waals surface area (Å²) < 4.78 is 19.1. The molecule has 1 aromatic heterocycles. The van der Waals surface area contributed by atoms with Crippen LogP contribution in [0.3, 0.4) is 0 Å². The van der Waals surface area contributed by atoms with Gasteiger partial charge in [-0.25, -0.2) is 19.4 Å². The third kappa shape index (κ3) is 7.57. The van der Waals surface area contributed by atoms with Crippen LogP contribution in [0.4, 0.5) is 16.0 Å². The van der Waals surface area contributed by atoms with Crippen LogP contribution in [0.25, 0.3) is 0 Å². The summed E-state index contributed by atoms with van der Waals surface area (Å²) in [6, 6.07) is 25.0. The number of aliphatic imine (C=N–C) groups is 1. The highest BCUT2D eigenvalue weighted by Crippen LogP contribution is 2.22. The molecule has 0 bridgehead atoms. The molecule has 0 spiro atoms. The predicted octanol–water partition coefficient (Wildman–Crippen LogP) is 5.98. The molecule has 1 heterocycles. The molecule has 4 aromatic rings. The van der Waals surface area contributed by atoms with Crippen LogP contribution in [0.5, 0.6) is 11.5 Å². The molecule has 0 saturated carbocycles. The van der Waals surface area contributed by atoms with Crippen molar-refractivity contribution >= 4 is 34.9 Å². The average Bonchev–Trinajstić information content (AvgIpc) is 2.85. The maximum absolute atomic E-state index is 13.3. The molecule has 0 unspecified atom stereocenters. The molecule has 0 amide bonds. The fraction of sp³-hybridized carbons (Fsp3) is 0.111. The third-order valence-electron chi connectivity index (χ3n) is 4.87. The molecule has 182 valence electrons. The van der Waals surface area contributed by atoms with E-state index in [9.17, 15) is 4.39 Å². The van der Waals surface area contributed by atoms with Crippen molar-refractivity contribution in [3.05, 3.63) is 108 Å². The molecule has 0 saturated heterocycles. The first kappa shape index (κ1) is 24.7. The SMILES string of the molecule is Cc1cc(C)nc(NC(=NCc2ccc(F)cc2)NC(=S)Nc2ccc(Oc3ccccc3)cc2)n1. The Morgan fingerprint density at radius 3 is 2.17 bits per heavy atom. The van der Waals surface area contributed by atoms with Gasteiger partial charge >= 0.3 is 0 Å². The molecular weight excluding hydrogens is 475 g/mol. The van der Waals surface area contributed by atoms with Crippen molar-refractivity contribution in [1.29, 1.82) is 0 Å². The quantitative estimate of drug-likeness (QED) is 0.171. The first-order valence-corrected chi connectivity index (χ1v) is 11.6. The summed E-state index contributed by atoms with van der Waals surface area (Å²) in [6.07, 6.45) is 0. The molecular formula is C27H25FN6OS. The topological polar surface area (TPSA) is 83.5 Å². The van der Waals surface area contributed by atoms with Gasteiger partial charge in [0.15, 0.2) is 5.11 Å². The van der Waals surface area contributed by atoms with Crippen LogP contribution in [-0.4, -0.2) is 21.0 Å². The lowest BCUT2D eigenvalue weighted by Crippen LogP contribution is -2.39. The number of halogens is 1. The lowest BCUT2D eigenvalue weighted by atomic mass is 10.2. The maximum atomic E-state index is 13.3. The molecule has 0 fully saturated rings. The van der Waals surface area contributed by atoms with Crippen LogP contribution in [0.2, 0.25) is 0 Å². The number of benzene rings is 3. The van der Waals surface area contributed by atoms with Gasteiger partial charge in [-0.05, 0) is 86.2 Å². The van der Waals surface area contributed by atoms with Crippen LogP contribution >= 0.6 is 12.2 Å². The number of aromatic nitrogens is 2. The van der Waals surface area contributed by atoms with Crippen molar-refractivity contribution in [1.82, 2.24) is 15.3 Å². The Labute approximate surface area is 214 Å². The Hall–Kier alpha value is -4.37. The number of para-hydroxylation sites is 1. The molecule has 3 aromatic carbocycles. The molecule has 7 nitrogen and oxygen atoms in total. The lowest BCUT2D eigenvalue weighted by molar-refractivity contribution is 0.483. The van der Waals surface area contributed by atoms with Crippen molar-refractivity contribution in [2.24, 2.45) is 4.99 Å². The van der Waals surface area contributed by atoms with Crippen LogP contribution < -0.4 is 20.7 Å². The Kier molecular flexibility index (Phi) is 8.15. The number of nitrogens with zero attached hydrogens (tertiary/aromatic N) is 3. The average molecular weight is 501 g/mol. The molecule has 3 N–H and O–H groups in total. The largest absolute Gasteiger partial charge is 0.457 e. The van der Waals surface area contributed by atoms with E-state index in [0.717, 1.165) is 28.4 Å². The zero-order valence-electron chi connectivity index (χ0n) is 19.8. The number of nitrogens with one attached hydrogen (secondary N) is 3. The summed E-state index contributed by atoms with van der Waals surface area (Å²) in [7, 11) is 0. The monoisotopic (exact) mass is 500 g/mol. The third-order valence-corrected chi connectivity index (χ3v) is 5.07. The minimum atomic E-state index is -0.298. The number of hydrogen-bond acceptors (Lipinski definition) is 5. The fourth-order valence-electron chi connectivity index (χ4n) is 3.26. The van der Waals surface area contributed by atoms with Gasteiger partial charge in [0, 0.05) is 17.1 Å². The lowest BCUT2D eigenvalue weighted by Gasteiger charge is -2.15. The van der Waals surface area contributed by atoms with E-state index >= 15 is 0 Å². The van der Waals surface area contributed by atoms with Crippen molar-refractivity contribution in [3.8, 4) is 11.5 Å². The van der Waals surface area contributed by atoms with Crippen molar-refractivity contribution in [3.63, 3.8) is 0 Å². The zero-order chi connectivity index (χ0) is 25.3. The summed E-state index contributed by atoms with van der Waals surface area (Å²) in [5, 5.41) is 9.61.